The lowest BCUT2D eigenvalue weighted by Gasteiger charge is -2.09. The number of hydrogen-bond donors (Lipinski definition) is 0. The van der Waals surface area contributed by atoms with Crippen LogP contribution in [0.25, 0.3) is 0 Å². The van der Waals surface area contributed by atoms with E-state index >= 15 is 0 Å². The van der Waals surface area contributed by atoms with Gasteiger partial charge in [-0.1, -0.05) is 5.92 Å². The highest BCUT2D eigenvalue weighted by molar-refractivity contribution is 7.39. The molecule has 3 atom stereocenters. The topological polar surface area (TPSA) is 61.8 Å². The molecule has 1 fully saturated rings. The summed E-state index contributed by atoms with van der Waals surface area (Å²) in [6.45, 7) is 1.55. The Labute approximate surface area is 76.2 Å². The van der Waals surface area contributed by atoms with Crippen molar-refractivity contribution in [2.24, 2.45) is 0 Å². The zero-order chi connectivity index (χ0) is 9.84. The van der Waals surface area contributed by atoms with Gasteiger partial charge >= 0.3 is 6.16 Å². The highest BCUT2D eigenvalue weighted by Gasteiger charge is 2.31. The van der Waals surface area contributed by atoms with E-state index in [1.165, 1.54) is 0 Å². The molecule has 0 spiro atoms. The first-order valence-electron chi connectivity index (χ1n) is 3.63. The lowest BCUT2D eigenvalue weighted by atomic mass is 10.4. The lowest BCUT2D eigenvalue weighted by Crippen LogP contribution is -2.08. The maximum absolute atomic E-state index is 11.3. The Morgan fingerprint density at radius 2 is 2.54 bits per heavy atom. The zero-order valence-electron chi connectivity index (χ0n) is 6.98. The van der Waals surface area contributed by atoms with Gasteiger partial charge in [-0.05, 0) is 6.92 Å². The van der Waals surface area contributed by atoms with Crippen molar-refractivity contribution in [3.63, 3.8) is 0 Å². The van der Waals surface area contributed by atoms with Gasteiger partial charge in [-0.2, -0.15) is 0 Å². The first-order chi connectivity index (χ1) is 6.13. The molecule has 72 valence electrons. The predicted molar refractivity (Wildman–Crippen MR) is 44.6 cm³/mol. The lowest BCUT2D eigenvalue weighted by molar-refractivity contribution is 0.126. The molecule has 0 aromatic rings. The van der Waals surface area contributed by atoms with Gasteiger partial charge in [0.05, 0.1) is 0 Å². The average molecular weight is 204 g/mol. The third kappa shape index (κ3) is 2.76. The molecule has 0 N–H and O–H groups in total. The molecule has 6 heteroatoms. The van der Waals surface area contributed by atoms with Crippen LogP contribution in [0.1, 0.15) is 6.92 Å². The molecule has 0 saturated carbocycles. The summed E-state index contributed by atoms with van der Waals surface area (Å²) in [6.07, 6.45) is 3.64. The summed E-state index contributed by atoms with van der Waals surface area (Å²) >= 11 is 0. The highest BCUT2D eigenvalue weighted by atomic mass is 31.1. The van der Waals surface area contributed by atoms with Crippen LogP contribution in [0.5, 0.6) is 0 Å². The number of ether oxygens (including phenoxy) is 2. The first kappa shape index (κ1) is 10.1. The fourth-order valence-electron chi connectivity index (χ4n) is 0.728. The van der Waals surface area contributed by atoms with E-state index in [-0.39, 0.29) is 6.61 Å². The molecule has 1 aliphatic rings. The maximum atomic E-state index is 11.3. The Morgan fingerprint density at radius 3 is 3.00 bits per heavy atom. The third-order valence-electron chi connectivity index (χ3n) is 1.38. The van der Waals surface area contributed by atoms with Crippen molar-refractivity contribution in [1.29, 1.82) is 0 Å². The molecule has 0 aromatic heterocycles. The number of carbonyl (C=O) groups is 1. The van der Waals surface area contributed by atoms with Crippen molar-refractivity contribution >= 4 is 14.2 Å². The first-order valence-corrected chi connectivity index (χ1v) is 5.03. The van der Waals surface area contributed by atoms with Crippen LogP contribution in [0, 0.1) is 12.3 Å². The second-order valence-corrected chi connectivity index (χ2v) is 3.93. The quantitative estimate of drug-likeness (QED) is 0.389. The minimum Gasteiger partial charge on any atom is -0.430 e. The van der Waals surface area contributed by atoms with E-state index in [0.717, 1.165) is 0 Å². The van der Waals surface area contributed by atoms with E-state index in [4.69, 9.17) is 10.9 Å². The number of carbonyl (C=O) groups excluding carboxylic acids is 1. The Kier molecular flexibility index (Phi) is 3.35. The molecule has 0 aliphatic carbocycles. The van der Waals surface area contributed by atoms with Crippen molar-refractivity contribution in [2.75, 3.05) is 6.61 Å². The molecule has 0 radical (unpaired) electrons. The molecule has 13 heavy (non-hydrogen) atoms. The Bertz CT molecular complexity index is 269. The molecule has 1 saturated heterocycles. The Balaban J connectivity index is 2.41. The molecule has 1 aliphatic heterocycles. The van der Waals surface area contributed by atoms with Gasteiger partial charge in [0, 0.05) is 0 Å². The summed E-state index contributed by atoms with van der Waals surface area (Å²) in [4.78, 5) is 10.5. The molecule has 0 aromatic carbocycles. The van der Waals surface area contributed by atoms with Crippen LogP contribution in [-0.2, 0) is 18.6 Å². The minimum atomic E-state index is -2.47. The largest absolute Gasteiger partial charge is 0.509 e. The van der Waals surface area contributed by atoms with Crippen LogP contribution in [0.4, 0.5) is 4.79 Å². The normalized spacial score (nSPS) is 25.5. The smallest absolute Gasteiger partial charge is 0.430 e. The number of hydrogen-bond acceptors (Lipinski definition) is 5. The van der Waals surface area contributed by atoms with Crippen LogP contribution < -0.4 is 0 Å². The van der Waals surface area contributed by atoms with E-state index in [0.29, 0.717) is 0 Å². The van der Waals surface area contributed by atoms with Gasteiger partial charge in [-0.15, -0.1) is 6.42 Å². The summed E-state index contributed by atoms with van der Waals surface area (Å²) in [5, 5.41) is 0. The third-order valence-corrected chi connectivity index (χ3v) is 2.78. The standard InChI is InChI=1S/C7H9O5P/c1-3-5(2)12-13(9)6-4-10-7(8)11-6/h1,5-6,13H,4H2,2H3. The van der Waals surface area contributed by atoms with Crippen molar-refractivity contribution in [3.05, 3.63) is 0 Å². The monoisotopic (exact) mass is 204 g/mol. The van der Waals surface area contributed by atoms with Crippen LogP contribution in [0.3, 0.4) is 0 Å². The van der Waals surface area contributed by atoms with Crippen LogP contribution in [-0.4, -0.2) is 24.7 Å². The summed E-state index contributed by atoms with van der Waals surface area (Å²) in [5.41, 5.74) is 0. The van der Waals surface area contributed by atoms with Gasteiger partial charge in [0.1, 0.15) is 12.7 Å². The van der Waals surface area contributed by atoms with E-state index in [9.17, 15) is 9.36 Å². The SMILES string of the molecule is C#CC(C)O[PH](=O)C1COC(=O)O1. The Hall–Kier alpha value is -0.980. The summed E-state index contributed by atoms with van der Waals surface area (Å²) in [7, 11) is -2.47. The number of terminal acetylenes is 1. The number of cyclic esters (lactones) is 2. The van der Waals surface area contributed by atoms with Crippen molar-refractivity contribution in [1.82, 2.24) is 0 Å². The van der Waals surface area contributed by atoms with E-state index in [1.807, 2.05) is 0 Å². The van der Waals surface area contributed by atoms with Crippen LogP contribution >= 0.6 is 8.03 Å². The zero-order valence-corrected chi connectivity index (χ0v) is 7.98. The summed E-state index contributed by atoms with van der Waals surface area (Å²) in [5.74, 6) is 1.45. The van der Waals surface area contributed by atoms with E-state index < -0.39 is 26.1 Å². The van der Waals surface area contributed by atoms with E-state index in [2.05, 4.69) is 15.4 Å². The molecular weight excluding hydrogens is 195 g/mol. The van der Waals surface area contributed by atoms with Gasteiger partial charge in [0.2, 0.25) is 13.9 Å². The van der Waals surface area contributed by atoms with Gasteiger partial charge in [0.25, 0.3) is 0 Å². The maximum Gasteiger partial charge on any atom is 0.509 e. The Morgan fingerprint density at radius 1 is 1.85 bits per heavy atom. The fraction of sp³-hybridized carbons (Fsp3) is 0.571. The van der Waals surface area contributed by atoms with Crippen LogP contribution in [0.15, 0.2) is 0 Å². The average Bonchev–Trinajstić information content (AvgIpc) is 2.51. The second-order valence-electron chi connectivity index (χ2n) is 2.41. The summed E-state index contributed by atoms with van der Waals surface area (Å²) in [6, 6.07) is 0. The minimum absolute atomic E-state index is 0.0338. The fourth-order valence-corrected chi connectivity index (χ4v) is 1.71. The second kappa shape index (κ2) is 4.31. The summed E-state index contributed by atoms with van der Waals surface area (Å²) < 4.78 is 25.1. The van der Waals surface area contributed by atoms with E-state index in [1.54, 1.807) is 6.92 Å². The van der Waals surface area contributed by atoms with Crippen molar-refractivity contribution < 1.29 is 23.4 Å². The van der Waals surface area contributed by atoms with Gasteiger partial charge in [-0.25, -0.2) is 4.79 Å². The van der Waals surface area contributed by atoms with Crippen molar-refractivity contribution in [3.8, 4) is 12.3 Å². The van der Waals surface area contributed by atoms with Crippen molar-refractivity contribution in [2.45, 2.75) is 18.9 Å². The van der Waals surface area contributed by atoms with Crippen LogP contribution in [0.2, 0.25) is 0 Å². The van der Waals surface area contributed by atoms with Gasteiger partial charge in [-0.3, -0.25) is 4.57 Å². The number of rotatable bonds is 3. The van der Waals surface area contributed by atoms with Gasteiger partial charge < -0.3 is 14.0 Å². The highest BCUT2D eigenvalue weighted by Crippen LogP contribution is 2.34. The molecule has 5 nitrogen and oxygen atoms in total. The molecule has 3 unspecified atom stereocenters. The molecular formula is C7H9O5P. The molecule has 0 amide bonds. The van der Waals surface area contributed by atoms with Gasteiger partial charge in [0.15, 0.2) is 0 Å². The molecule has 1 rings (SSSR count). The predicted octanol–water partition coefficient (Wildman–Crippen LogP) is 0.992. The molecule has 1 heterocycles. The molecule has 0 bridgehead atoms.